The molecule has 1 fully saturated rings. The van der Waals surface area contributed by atoms with Crippen LogP contribution in [0.25, 0.3) is 0 Å². The van der Waals surface area contributed by atoms with Crippen molar-refractivity contribution in [3.63, 3.8) is 0 Å². The van der Waals surface area contributed by atoms with Crippen molar-refractivity contribution in [2.45, 2.75) is 38.6 Å². The number of likely N-dealkylation sites (tertiary alicyclic amines) is 1. The molecule has 1 atom stereocenters. The van der Waals surface area contributed by atoms with Gasteiger partial charge in [0.25, 0.3) is 0 Å². The first-order chi connectivity index (χ1) is 9.70. The van der Waals surface area contributed by atoms with E-state index in [-0.39, 0.29) is 24.4 Å². The van der Waals surface area contributed by atoms with Gasteiger partial charge in [0.05, 0.1) is 13.0 Å². The van der Waals surface area contributed by atoms with Gasteiger partial charge in [-0.2, -0.15) is 0 Å². The average molecular weight is 313 g/mol. The van der Waals surface area contributed by atoms with E-state index >= 15 is 0 Å². The maximum atomic E-state index is 12.2. The monoisotopic (exact) mass is 312 g/mol. The molecule has 2 rings (SSSR count). The van der Waals surface area contributed by atoms with E-state index in [1.54, 1.807) is 0 Å². The summed E-state index contributed by atoms with van der Waals surface area (Å²) >= 11 is 0. The number of aryl methyl sites for hydroxylation is 1. The molecule has 1 amide bonds. The molecular formula is C16H25ClN2O2. The van der Waals surface area contributed by atoms with Gasteiger partial charge in [-0.15, -0.1) is 12.4 Å². The Labute approximate surface area is 133 Å². The van der Waals surface area contributed by atoms with Gasteiger partial charge in [-0.3, -0.25) is 4.79 Å². The Bertz CT molecular complexity index is 454. The second-order valence-corrected chi connectivity index (χ2v) is 5.39. The number of piperidine rings is 1. The minimum Gasteiger partial charge on any atom is -0.493 e. The lowest BCUT2D eigenvalue weighted by Crippen LogP contribution is -2.47. The Hall–Kier alpha value is -1.26. The normalized spacial score (nSPS) is 18.0. The molecule has 1 unspecified atom stereocenters. The minimum absolute atomic E-state index is 0. The second kappa shape index (κ2) is 8.90. The summed E-state index contributed by atoms with van der Waals surface area (Å²) in [6, 6.07) is 8.10. The van der Waals surface area contributed by atoms with Crippen LogP contribution in [0.2, 0.25) is 0 Å². The van der Waals surface area contributed by atoms with Crippen LogP contribution in [0.1, 0.15) is 31.2 Å². The van der Waals surface area contributed by atoms with E-state index in [1.165, 1.54) is 6.42 Å². The van der Waals surface area contributed by atoms with Crippen molar-refractivity contribution in [1.29, 1.82) is 0 Å². The zero-order chi connectivity index (χ0) is 14.4. The fraction of sp³-hybridized carbons (Fsp3) is 0.562. The fourth-order valence-corrected chi connectivity index (χ4v) is 2.68. The van der Waals surface area contributed by atoms with Gasteiger partial charge in [0.1, 0.15) is 5.75 Å². The van der Waals surface area contributed by atoms with Crippen LogP contribution in [0, 0.1) is 6.92 Å². The highest BCUT2D eigenvalue weighted by Gasteiger charge is 2.25. The summed E-state index contributed by atoms with van der Waals surface area (Å²) in [4.78, 5) is 14.1. The van der Waals surface area contributed by atoms with E-state index in [9.17, 15) is 4.79 Å². The molecule has 1 saturated heterocycles. The molecule has 0 radical (unpaired) electrons. The van der Waals surface area contributed by atoms with Crippen molar-refractivity contribution in [1.82, 2.24) is 4.90 Å². The molecule has 0 aliphatic carbocycles. The highest BCUT2D eigenvalue weighted by Crippen LogP contribution is 2.17. The Balaban J connectivity index is 0.00000220. The summed E-state index contributed by atoms with van der Waals surface area (Å²) in [6.45, 7) is 3.85. The van der Waals surface area contributed by atoms with E-state index in [4.69, 9.17) is 10.5 Å². The number of carbonyl (C=O) groups excluding carboxylic acids is 1. The van der Waals surface area contributed by atoms with Crippen molar-refractivity contribution >= 4 is 18.3 Å². The number of amides is 1. The lowest BCUT2D eigenvalue weighted by Gasteiger charge is -2.35. The predicted molar refractivity (Wildman–Crippen MR) is 86.9 cm³/mol. The number of ether oxygens (including phenoxy) is 1. The predicted octanol–water partition coefficient (Wildman–Crippen LogP) is 2.53. The quantitative estimate of drug-likeness (QED) is 0.909. The smallest absolute Gasteiger partial charge is 0.226 e. The van der Waals surface area contributed by atoms with Crippen molar-refractivity contribution in [2.24, 2.45) is 5.73 Å². The minimum atomic E-state index is 0. The number of nitrogens with two attached hydrogens (primary N) is 1. The molecule has 5 heteroatoms. The molecule has 1 aromatic rings. The van der Waals surface area contributed by atoms with Crippen molar-refractivity contribution in [3.8, 4) is 5.75 Å². The Morgan fingerprint density at radius 2 is 2.24 bits per heavy atom. The van der Waals surface area contributed by atoms with Crippen LogP contribution >= 0.6 is 12.4 Å². The Morgan fingerprint density at radius 3 is 2.95 bits per heavy atom. The molecule has 1 aliphatic heterocycles. The SMILES string of the molecule is Cc1cccc(OCCC(=O)N2CCCCC2CN)c1.Cl. The summed E-state index contributed by atoms with van der Waals surface area (Å²) in [5.41, 5.74) is 6.90. The zero-order valence-corrected chi connectivity index (χ0v) is 13.4. The van der Waals surface area contributed by atoms with Crippen LogP contribution in [0.5, 0.6) is 5.75 Å². The van der Waals surface area contributed by atoms with Crippen LogP contribution in [0.3, 0.4) is 0 Å². The van der Waals surface area contributed by atoms with Crippen LogP contribution in [0.15, 0.2) is 24.3 Å². The third-order valence-corrected chi connectivity index (χ3v) is 3.79. The first-order valence-corrected chi connectivity index (χ1v) is 7.39. The van der Waals surface area contributed by atoms with Gasteiger partial charge in [-0.25, -0.2) is 0 Å². The maximum absolute atomic E-state index is 12.2. The molecule has 21 heavy (non-hydrogen) atoms. The van der Waals surface area contributed by atoms with Crippen molar-refractivity contribution < 1.29 is 9.53 Å². The molecule has 0 spiro atoms. The molecule has 2 N–H and O–H groups in total. The number of halogens is 1. The number of benzene rings is 1. The molecule has 0 bridgehead atoms. The van der Waals surface area contributed by atoms with Gasteiger partial charge in [0.2, 0.25) is 5.91 Å². The molecule has 1 heterocycles. The Kier molecular flexibility index (Phi) is 7.54. The third-order valence-electron chi connectivity index (χ3n) is 3.79. The van der Waals surface area contributed by atoms with Crippen molar-refractivity contribution in [2.75, 3.05) is 19.7 Å². The first kappa shape index (κ1) is 17.8. The van der Waals surface area contributed by atoms with E-state index in [0.717, 1.165) is 30.7 Å². The molecule has 1 aliphatic rings. The third kappa shape index (κ3) is 5.21. The highest BCUT2D eigenvalue weighted by molar-refractivity contribution is 5.85. The van der Waals surface area contributed by atoms with Gasteiger partial charge in [0, 0.05) is 19.1 Å². The summed E-state index contributed by atoms with van der Waals surface area (Å²) in [5.74, 6) is 0.986. The van der Waals surface area contributed by atoms with Gasteiger partial charge < -0.3 is 15.4 Å². The Morgan fingerprint density at radius 1 is 1.43 bits per heavy atom. The maximum Gasteiger partial charge on any atom is 0.226 e. The van der Waals surface area contributed by atoms with Gasteiger partial charge in [-0.1, -0.05) is 12.1 Å². The standard InChI is InChI=1S/C16H24N2O2.ClH/c1-13-5-4-7-15(11-13)20-10-8-16(19)18-9-3-2-6-14(18)12-17;/h4-5,7,11,14H,2-3,6,8-10,12,17H2,1H3;1H. The number of hydrogen-bond acceptors (Lipinski definition) is 3. The van der Waals surface area contributed by atoms with Crippen LogP contribution in [-0.2, 0) is 4.79 Å². The fourth-order valence-electron chi connectivity index (χ4n) is 2.68. The summed E-state index contributed by atoms with van der Waals surface area (Å²) in [5, 5.41) is 0. The first-order valence-electron chi connectivity index (χ1n) is 7.39. The lowest BCUT2D eigenvalue weighted by molar-refractivity contribution is -0.135. The molecule has 1 aromatic carbocycles. The van der Waals surface area contributed by atoms with Crippen LogP contribution < -0.4 is 10.5 Å². The van der Waals surface area contributed by atoms with E-state index in [2.05, 4.69) is 0 Å². The van der Waals surface area contributed by atoms with E-state index < -0.39 is 0 Å². The zero-order valence-electron chi connectivity index (χ0n) is 12.6. The van der Waals surface area contributed by atoms with Gasteiger partial charge >= 0.3 is 0 Å². The van der Waals surface area contributed by atoms with Gasteiger partial charge in [-0.05, 0) is 43.9 Å². The molecule has 4 nitrogen and oxygen atoms in total. The lowest BCUT2D eigenvalue weighted by atomic mass is 10.0. The van der Waals surface area contributed by atoms with Crippen LogP contribution in [-0.4, -0.2) is 36.5 Å². The van der Waals surface area contributed by atoms with Crippen LogP contribution in [0.4, 0.5) is 0 Å². The number of rotatable bonds is 5. The second-order valence-electron chi connectivity index (χ2n) is 5.39. The summed E-state index contributed by atoms with van der Waals surface area (Å²) in [7, 11) is 0. The molecule has 0 aromatic heterocycles. The summed E-state index contributed by atoms with van der Waals surface area (Å²) < 4.78 is 5.64. The number of hydrogen-bond donors (Lipinski definition) is 1. The number of nitrogens with zero attached hydrogens (tertiary/aromatic N) is 1. The topological polar surface area (TPSA) is 55.6 Å². The number of carbonyl (C=O) groups is 1. The highest BCUT2D eigenvalue weighted by atomic mass is 35.5. The largest absolute Gasteiger partial charge is 0.493 e. The molecular weight excluding hydrogens is 288 g/mol. The molecule has 118 valence electrons. The van der Waals surface area contributed by atoms with Crippen molar-refractivity contribution in [3.05, 3.63) is 29.8 Å². The van der Waals surface area contributed by atoms with E-state index in [1.807, 2.05) is 36.1 Å². The summed E-state index contributed by atoms with van der Waals surface area (Å²) in [6.07, 6.45) is 3.71. The molecule has 0 saturated carbocycles. The van der Waals surface area contributed by atoms with E-state index in [0.29, 0.717) is 19.6 Å². The van der Waals surface area contributed by atoms with Gasteiger partial charge in [0.15, 0.2) is 0 Å². The average Bonchev–Trinajstić information content (AvgIpc) is 2.47.